The van der Waals surface area contributed by atoms with Crippen LogP contribution in [0.3, 0.4) is 0 Å². The number of aldehydes is 1. The standard InChI is InChI=1S/C17H24N2O3/c1-2-19(16-4-3-9-18-15(16)12-20)11-14-7-5-13(6-8-14)10-17(21)22/h3-4,9,12-14H,2,5-8,10-11H2,1H3,(H,21,22)/t13-,14-. The van der Waals surface area contributed by atoms with Gasteiger partial charge in [0.2, 0.25) is 0 Å². The van der Waals surface area contributed by atoms with Crippen molar-refractivity contribution in [2.24, 2.45) is 11.8 Å². The molecule has 5 nitrogen and oxygen atoms in total. The number of carboxylic acid groups (broad SMARTS) is 1. The Morgan fingerprint density at radius 3 is 2.64 bits per heavy atom. The van der Waals surface area contributed by atoms with Gasteiger partial charge in [0.25, 0.3) is 0 Å². The van der Waals surface area contributed by atoms with Gasteiger partial charge in [0.1, 0.15) is 5.69 Å². The highest BCUT2D eigenvalue weighted by Crippen LogP contribution is 2.32. The van der Waals surface area contributed by atoms with Crippen LogP contribution < -0.4 is 4.90 Å². The summed E-state index contributed by atoms with van der Waals surface area (Å²) in [6.45, 7) is 3.82. The highest BCUT2D eigenvalue weighted by atomic mass is 16.4. The van der Waals surface area contributed by atoms with E-state index in [1.807, 2.05) is 12.1 Å². The average molecular weight is 304 g/mol. The van der Waals surface area contributed by atoms with Crippen LogP contribution in [-0.2, 0) is 4.79 Å². The van der Waals surface area contributed by atoms with Gasteiger partial charge < -0.3 is 10.0 Å². The van der Waals surface area contributed by atoms with Crippen molar-refractivity contribution in [1.29, 1.82) is 0 Å². The molecule has 1 saturated carbocycles. The summed E-state index contributed by atoms with van der Waals surface area (Å²) in [6, 6.07) is 3.80. The van der Waals surface area contributed by atoms with Gasteiger partial charge in [-0.2, -0.15) is 0 Å². The van der Waals surface area contributed by atoms with E-state index in [0.29, 0.717) is 24.0 Å². The lowest BCUT2D eigenvalue weighted by molar-refractivity contribution is -0.138. The molecule has 0 aromatic carbocycles. The van der Waals surface area contributed by atoms with Crippen LogP contribution in [0.5, 0.6) is 0 Å². The molecule has 1 heterocycles. The first-order chi connectivity index (χ1) is 10.6. The molecule has 0 aliphatic heterocycles. The number of carboxylic acids is 1. The minimum absolute atomic E-state index is 0.294. The largest absolute Gasteiger partial charge is 0.481 e. The lowest BCUT2D eigenvalue weighted by Gasteiger charge is -2.33. The number of anilines is 1. The topological polar surface area (TPSA) is 70.5 Å². The fraction of sp³-hybridized carbons (Fsp3) is 0.588. The van der Waals surface area contributed by atoms with Crippen LogP contribution in [0.25, 0.3) is 0 Å². The Morgan fingerprint density at radius 1 is 1.36 bits per heavy atom. The van der Waals surface area contributed by atoms with Crippen molar-refractivity contribution in [3.8, 4) is 0 Å². The lowest BCUT2D eigenvalue weighted by atomic mass is 9.80. The van der Waals surface area contributed by atoms with E-state index in [1.54, 1.807) is 6.20 Å². The number of hydrogen-bond donors (Lipinski definition) is 1. The van der Waals surface area contributed by atoms with Gasteiger partial charge in [-0.15, -0.1) is 0 Å². The van der Waals surface area contributed by atoms with E-state index in [1.165, 1.54) is 0 Å². The molecule has 0 bridgehead atoms. The number of hydrogen-bond acceptors (Lipinski definition) is 4. The number of carbonyl (C=O) groups excluding carboxylic acids is 1. The molecule has 22 heavy (non-hydrogen) atoms. The maximum Gasteiger partial charge on any atom is 0.303 e. The molecule has 2 rings (SSSR count). The van der Waals surface area contributed by atoms with Gasteiger partial charge in [0.05, 0.1) is 5.69 Å². The predicted octanol–water partition coefficient (Wildman–Crippen LogP) is 3.00. The molecule has 5 heteroatoms. The summed E-state index contributed by atoms with van der Waals surface area (Å²) in [5.74, 6) is 0.196. The van der Waals surface area contributed by atoms with E-state index in [0.717, 1.165) is 50.7 Å². The predicted molar refractivity (Wildman–Crippen MR) is 85.2 cm³/mol. The minimum atomic E-state index is -0.690. The van der Waals surface area contributed by atoms with Crippen LogP contribution in [0.4, 0.5) is 5.69 Å². The monoisotopic (exact) mass is 304 g/mol. The van der Waals surface area contributed by atoms with Crippen molar-refractivity contribution < 1.29 is 14.7 Å². The van der Waals surface area contributed by atoms with Crippen molar-refractivity contribution in [2.45, 2.75) is 39.0 Å². The van der Waals surface area contributed by atoms with E-state index in [2.05, 4.69) is 16.8 Å². The number of carbonyl (C=O) groups is 2. The number of rotatable bonds is 7. The summed E-state index contributed by atoms with van der Waals surface area (Å²) in [5, 5.41) is 8.87. The SMILES string of the molecule is CCN(C[C@H]1CC[C@H](CC(=O)O)CC1)c1cccnc1C=O. The first-order valence-corrected chi connectivity index (χ1v) is 8.01. The second-order valence-electron chi connectivity index (χ2n) is 6.05. The van der Waals surface area contributed by atoms with Gasteiger partial charge in [-0.3, -0.25) is 14.6 Å². The molecule has 120 valence electrons. The summed E-state index contributed by atoms with van der Waals surface area (Å²) in [7, 11) is 0. The summed E-state index contributed by atoms with van der Waals surface area (Å²) < 4.78 is 0. The number of aromatic nitrogens is 1. The highest BCUT2D eigenvalue weighted by molar-refractivity contribution is 5.81. The van der Waals surface area contributed by atoms with Crippen molar-refractivity contribution in [2.75, 3.05) is 18.0 Å². The maximum absolute atomic E-state index is 11.1. The second-order valence-corrected chi connectivity index (χ2v) is 6.05. The van der Waals surface area contributed by atoms with Crippen LogP contribution in [0.1, 0.15) is 49.5 Å². The van der Waals surface area contributed by atoms with E-state index in [-0.39, 0.29) is 0 Å². The molecule has 0 spiro atoms. The summed E-state index contributed by atoms with van der Waals surface area (Å²) in [5.41, 5.74) is 1.39. The van der Waals surface area contributed by atoms with Crippen molar-refractivity contribution >= 4 is 17.9 Å². The van der Waals surface area contributed by atoms with Crippen LogP contribution in [0, 0.1) is 11.8 Å². The fourth-order valence-corrected chi connectivity index (χ4v) is 3.34. The zero-order chi connectivity index (χ0) is 15.9. The zero-order valence-electron chi connectivity index (χ0n) is 13.1. The molecule has 0 radical (unpaired) electrons. The van der Waals surface area contributed by atoms with Crippen molar-refractivity contribution in [3.05, 3.63) is 24.0 Å². The Morgan fingerprint density at radius 2 is 2.05 bits per heavy atom. The van der Waals surface area contributed by atoms with Gasteiger partial charge >= 0.3 is 5.97 Å². The molecule has 1 aliphatic carbocycles. The molecular weight excluding hydrogens is 280 g/mol. The third-order valence-electron chi connectivity index (χ3n) is 4.56. The Balaban J connectivity index is 1.94. The zero-order valence-corrected chi connectivity index (χ0v) is 13.1. The molecule has 0 unspecified atom stereocenters. The molecule has 0 amide bonds. The van der Waals surface area contributed by atoms with Gasteiger partial charge in [0, 0.05) is 25.7 Å². The van der Waals surface area contributed by atoms with E-state index in [4.69, 9.17) is 5.11 Å². The Bertz CT molecular complexity index is 510. The van der Waals surface area contributed by atoms with Gasteiger partial charge in [-0.1, -0.05) is 0 Å². The first-order valence-electron chi connectivity index (χ1n) is 8.01. The molecule has 0 atom stereocenters. The summed E-state index contributed by atoms with van der Waals surface area (Å²) in [4.78, 5) is 28.3. The van der Waals surface area contributed by atoms with Gasteiger partial charge in [0.15, 0.2) is 6.29 Å². The molecule has 1 aromatic heterocycles. The molecule has 0 saturated heterocycles. The third-order valence-corrected chi connectivity index (χ3v) is 4.56. The number of pyridine rings is 1. The molecule has 1 fully saturated rings. The quantitative estimate of drug-likeness (QED) is 0.784. The Labute approximate surface area is 131 Å². The maximum atomic E-state index is 11.1. The van der Waals surface area contributed by atoms with E-state index < -0.39 is 5.97 Å². The van der Waals surface area contributed by atoms with Crippen LogP contribution >= 0.6 is 0 Å². The van der Waals surface area contributed by atoms with E-state index >= 15 is 0 Å². The van der Waals surface area contributed by atoms with Crippen LogP contribution in [0.2, 0.25) is 0 Å². The lowest BCUT2D eigenvalue weighted by Crippen LogP contribution is -2.32. The van der Waals surface area contributed by atoms with E-state index in [9.17, 15) is 9.59 Å². The highest BCUT2D eigenvalue weighted by Gasteiger charge is 2.24. The minimum Gasteiger partial charge on any atom is -0.481 e. The normalized spacial score (nSPS) is 21.3. The Hall–Kier alpha value is -1.91. The molecule has 1 aromatic rings. The fourth-order valence-electron chi connectivity index (χ4n) is 3.34. The molecule has 1 aliphatic rings. The molecule has 1 N–H and O–H groups in total. The Kier molecular flexibility index (Phi) is 5.92. The smallest absolute Gasteiger partial charge is 0.303 e. The van der Waals surface area contributed by atoms with Crippen molar-refractivity contribution in [3.63, 3.8) is 0 Å². The second kappa shape index (κ2) is 7.92. The van der Waals surface area contributed by atoms with Gasteiger partial charge in [-0.25, -0.2) is 0 Å². The molecular formula is C17H24N2O3. The third kappa shape index (κ3) is 4.29. The first kappa shape index (κ1) is 16.5. The van der Waals surface area contributed by atoms with Crippen LogP contribution in [-0.4, -0.2) is 35.4 Å². The van der Waals surface area contributed by atoms with Gasteiger partial charge in [-0.05, 0) is 56.6 Å². The summed E-state index contributed by atoms with van der Waals surface area (Å²) >= 11 is 0. The average Bonchev–Trinajstić information content (AvgIpc) is 2.53. The van der Waals surface area contributed by atoms with Crippen LogP contribution in [0.15, 0.2) is 18.3 Å². The van der Waals surface area contributed by atoms with Crippen molar-refractivity contribution in [1.82, 2.24) is 4.98 Å². The number of aliphatic carboxylic acids is 1. The number of nitrogens with zero attached hydrogens (tertiary/aromatic N) is 2. The summed E-state index contributed by atoms with van der Waals surface area (Å²) in [6.07, 6.45) is 6.84.